The summed E-state index contributed by atoms with van der Waals surface area (Å²) in [5, 5.41) is 9.03. The van der Waals surface area contributed by atoms with Crippen LogP contribution in [0.1, 0.15) is 70.9 Å². The minimum atomic E-state index is -1.33. The summed E-state index contributed by atoms with van der Waals surface area (Å²) in [6, 6.07) is 18.9. The molecule has 0 amide bonds. The van der Waals surface area contributed by atoms with E-state index in [1.165, 1.54) is 0 Å². The van der Waals surface area contributed by atoms with Crippen LogP contribution in [0.15, 0.2) is 48.5 Å². The van der Waals surface area contributed by atoms with Crippen LogP contribution in [0.4, 0.5) is 0 Å². The van der Waals surface area contributed by atoms with Gasteiger partial charge in [0.15, 0.2) is 0 Å². The number of rotatable bonds is 14. The van der Waals surface area contributed by atoms with Gasteiger partial charge in [-0.1, -0.05) is 75.8 Å². The van der Waals surface area contributed by atoms with E-state index in [9.17, 15) is 9.59 Å². The van der Waals surface area contributed by atoms with Crippen LogP contribution in [0.25, 0.3) is 11.1 Å². The molecule has 212 valence electrons. The van der Waals surface area contributed by atoms with Crippen molar-refractivity contribution in [3.63, 3.8) is 0 Å². The van der Waals surface area contributed by atoms with Gasteiger partial charge >= 0.3 is 11.9 Å². The van der Waals surface area contributed by atoms with Crippen LogP contribution in [-0.4, -0.2) is 32.2 Å². The van der Waals surface area contributed by atoms with Crippen LogP contribution in [0.2, 0.25) is 25.7 Å². The van der Waals surface area contributed by atoms with Gasteiger partial charge in [0.2, 0.25) is 0 Å². The molecule has 0 radical (unpaired) electrons. The number of carbonyl (C=O) groups is 2. The molecule has 2 rings (SSSR count). The molecule has 0 aliphatic carbocycles. The molecule has 6 heteroatoms. The van der Waals surface area contributed by atoms with Crippen LogP contribution in [0.5, 0.6) is 0 Å². The molecule has 0 bridgehead atoms. The number of aryl methyl sites for hydroxylation is 1. The van der Waals surface area contributed by atoms with Crippen molar-refractivity contribution in [2.24, 2.45) is 11.8 Å². The average molecular weight is 550 g/mol. The second-order valence-corrected chi connectivity index (χ2v) is 18.3. The van der Waals surface area contributed by atoms with Crippen molar-refractivity contribution < 1.29 is 19.1 Å². The van der Waals surface area contributed by atoms with Crippen LogP contribution < -0.4 is 0 Å². The van der Waals surface area contributed by atoms with E-state index in [2.05, 4.69) is 56.9 Å². The second kappa shape index (κ2) is 15.0. The zero-order valence-corrected chi connectivity index (χ0v) is 26.0. The Morgan fingerprint density at radius 1 is 0.897 bits per heavy atom. The van der Waals surface area contributed by atoms with E-state index in [4.69, 9.17) is 14.7 Å². The second-order valence-electron chi connectivity index (χ2n) is 12.7. The lowest BCUT2D eigenvalue weighted by atomic mass is 9.86. The van der Waals surface area contributed by atoms with Crippen molar-refractivity contribution in [3.8, 4) is 17.2 Å². The van der Waals surface area contributed by atoms with Crippen LogP contribution in [0.3, 0.4) is 0 Å². The summed E-state index contributed by atoms with van der Waals surface area (Å²) in [4.78, 5) is 26.3. The largest absolute Gasteiger partial charge is 0.466 e. The number of nitriles is 1. The van der Waals surface area contributed by atoms with Gasteiger partial charge in [0.05, 0.1) is 30.1 Å². The number of unbranched alkanes of at least 4 members (excludes halogenated alkanes) is 1. The summed E-state index contributed by atoms with van der Waals surface area (Å²) in [7, 11) is -1.33. The zero-order chi connectivity index (χ0) is 29.1. The number of benzene rings is 2. The van der Waals surface area contributed by atoms with E-state index in [1.54, 1.807) is 0 Å². The third-order valence-electron chi connectivity index (χ3n) is 6.73. The Morgan fingerprint density at radius 2 is 1.46 bits per heavy atom. The molecule has 0 N–H and O–H groups in total. The van der Waals surface area contributed by atoms with E-state index < -0.39 is 13.7 Å². The Labute approximate surface area is 236 Å². The molecule has 0 unspecified atom stereocenters. The Kier molecular flexibility index (Phi) is 12.4. The van der Waals surface area contributed by atoms with Crippen molar-refractivity contribution in [1.82, 2.24) is 0 Å². The maximum atomic E-state index is 13.3. The third kappa shape index (κ3) is 12.2. The van der Waals surface area contributed by atoms with Gasteiger partial charge in [0.25, 0.3) is 0 Å². The van der Waals surface area contributed by atoms with Gasteiger partial charge in [-0.3, -0.25) is 9.59 Å². The summed E-state index contributed by atoms with van der Waals surface area (Å²) in [5.74, 6) is -1.10. The highest BCUT2D eigenvalue weighted by Gasteiger charge is 2.31. The predicted molar refractivity (Wildman–Crippen MR) is 161 cm³/mol. The SMILES string of the molecule is CCCC[C@@H](C[C@@H](CCc1ccc(-c2ccc(C#N)cc2)cc1)C(=O)OCC[Si](C)(C)C)C(=O)OC(C)(C)C. The van der Waals surface area contributed by atoms with Crippen molar-refractivity contribution in [3.05, 3.63) is 59.7 Å². The van der Waals surface area contributed by atoms with Crippen LogP contribution in [-0.2, 0) is 25.5 Å². The van der Waals surface area contributed by atoms with Gasteiger partial charge in [-0.25, -0.2) is 0 Å². The molecule has 0 saturated heterocycles. The first-order chi connectivity index (χ1) is 18.3. The lowest BCUT2D eigenvalue weighted by molar-refractivity contribution is -0.162. The van der Waals surface area contributed by atoms with Crippen molar-refractivity contribution in [1.29, 1.82) is 5.26 Å². The first-order valence-corrected chi connectivity index (χ1v) is 18.0. The fraction of sp³-hybridized carbons (Fsp3) is 0.545. The molecule has 2 aromatic carbocycles. The maximum Gasteiger partial charge on any atom is 0.309 e. The predicted octanol–water partition coefficient (Wildman–Crippen LogP) is 8.19. The summed E-state index contributed by atoms with van der Waals surface area (Å²) < 4.78 is 11.5. The highest BCUT2D eigenvalue weighted by molar-refractivity contribution is 6.76. The standard InChI is InChI=1S/C33H47NO4Si/c1-8-9-10-29(32(36)38-33(2,3)4)23-30(31(35)37-21-22-39(5,6)7)20-13-25-11-16-27(17-12-25)28-18-14-26(24-34)15-19-28/h11-12,14-19,29-30H,8-10,13,20-23H2,1-7H3/t29-,30+/m0/s1. The Balaban J connectivity index is 2.15. The summed E-state index contributed by atoms with van der Waals surface area (Å²) >= 11 is 0. The molecule has 5 nitrogen and oxygen atoms in total. The van der Waals surface area contributed by atoms with Gasteiger partial charge in [-0.05, 0) is 81.3 Å². The van der Waals surface area contributed by atoms with Crippen molar-refractivity contribution in [2.75, 3.05) is 6.61 Å². The molecule has 0 fully saturated rings. The Morgan fingerprint density at radius 3 is 1.97 bits per heavy atom. The smallest absolute Gasteiger partial charge is 0.309 e. The van der Waals surface area contributed by atoms with Gasteiger partial charge in [-0.2, -0.15) is 5.26 Å². The minimum absolute atomic E-state index is 0.201. The number of hydrogen-bond donors (Lipinski definition) is 0. The number of hydrogen-bond acceptors (Lipinski definition) is 5. The summed E-state index contributed by atoms with van der Waals surface area (Å²) in [5.41, 5.74) is 3.35. The highest BCUT2D eigenvalue weighted by atomic mass is 28.3. The van der Waals surface area contributed by atoms with Gasteiger partial charge in [0.1, 0.15) is 5.60 Å². The van der Waals surface area contributed by atoms with E-state index in [0.717, 1.165) is 42.0 Å². The van der Waals surface area contributed by atoms with Gasteiger partial charge < -0.3 is 9.47 Å². The molecule has 0 spiro atoms. The summed E-state index contributed by atoms with van der Waals surface area (Å²) in [6.07, 6.45) is 4.39. The fourth-order valence-corrected chi connectivity index (χ4v) is 5.08. The molecule has 2 atom stereocenters. The van der Waals surface area contributed by atoms with Gasteiger partial charge in [-0.15, -0.1) is 0 Å². The number of nitrogens with zero attached hydrogens (tertiary/aromatic N) is 1. The molecule has 0 saturated carbocycles. The van der Waals surface area contributed by atoms with Crippen LogP contribution >= 0.6 is 0 Å². The number of esters is 2. The van der Waals surface area contributed by atoms with E-state index in [1.807, 2.05) is 45.0 Å². The molecule has 0 heterocycles. The van der Waals surface area contributed by atoms with Crippen LogP contribution in [0, 0.1) is 23.2 Å². The normalized spacial score (nSPS) is 13.3. The molecule has 39 heavy (non-hydrogen) atoms. The van der Waals surface area contributed by atoms with E-state index in [-0.39, 0.29) is 23.8 Å². The summed E-state index contributed by atoms with van der Waals surface area (Å²) in [6.45, 7) is 15.0. The minimum Gasteiger partial charge on any atom is -0.466 e. The number of carbonyl (C=O) groups excluding carboxylic acids is 2. The lowest BCUT2D eigenvalue weighted by Gasteiger charge is -2.26. The monoisotopic (exact) mass is 549 g/mol. The molecular formula is C33H47NO4Si. The van der Waals surface area contributed by atoms with Crippen molar-refractivity contribution >= 4 is 20.0 Å². The van der Waals surface area contributed by atoms with E-state index in [0.29, 0.717) is 31.4 Å². The third-order valence-corrected chi connectivity index (χ3v) is 8.43. The topological polar surface area (TPSA) is 76.4 Å². The first kappa shape index (κ1) is 32.3. The fourth-order valence-electron chi connectivity index (χ4n) is 4.36. The van der Waals surface area contributed by atoms with Gasteiger partial charge in [0, 0.05) is 8.07 Å². The molecule has 0 aliphatic rings. The molecule has 0 aliphatic heterocycles. The molecule has 2 aromatic rings. The van der Waals surface area contributed by atoms with Crippen molar-refractivity contribution in [2.45, 2.75) is 97.5 Å². The van der Waals surface area contributed by atoms with E-state index >= 15 is 0 Å². The maximum absolute atomic E-state index is 13.3. The molecular weight excluding hydrogens is 502 g/mol. The lowest BCUT2D eigenvalue weighted by Crippen LogP contribution is -2.32. The molecule has 0 aromatic heterocycles. The zero-order valence-electron chi connectivity index (χ0n) is 25.0. The Bertz CT molecular complexity index is 1090. The highest BCUT2D eigenvalue weighted by Crippen LogP contribution is 2.28. The Hall–Kier alpha value is -2.91. The average Bonchev–Trinajstić information content (AvgIpc) is 2.86. The first-order valence-electron chi connectivity index (χ1n) is 14.3. The quantitative estimate of drug-likeness (QED) is 0.175. The number of ether oxygens (including phenoxy) is 2.